The first kappa shape index (κ1) is 14.8. The molecule has 0 atom stereocenters. The first-order chi connectivity index (χ1) is 10.2. The molecule has 4 nitrogen and oxygen atoms in total. The van der Waals surface area contributed by atoms with Crippen molar-refractivity contribution >= 4 is 17.6 Å². The summed E-state index contributed by atoms with van der Waals surface area (Å²) in [6.07, 6.45) is 0.138. The zero-order valence-corrected chi connectivity index (χ0v) is 11.8. The van der Waals surface area contributed by atoms with E-state index in [1.807, 2.05) is 18.2 Å². The van der Waals surface area contributed by atoms with E-state index >= 15 is 0 Å². The SMILES string of the molecule is CCOC(=O)Cc1ccccc1NC(=O)c1ccccc1. The third-order valence-electron chi connectivity index (χ3n) is 2.94. The molecule has 0 fully saturated rings. The fourth-order valence-electron chi connectivity index (χ4n) is 1.95. The second-order valence-corrected chi connectivity index (χ2v) is 4.46. The van der Waals surface area contributed by atoms with Gasteiger partial charge in [-0.25, -0.2) is 0 Å². The normalized spacial score (nSPS) is 9.95. The number of nitrogens with one attached hydrogen (secondary N) is 1. The Bertz CT molecular complexity index is 623. The minimum absolute atomic E-state index is 0.138. The molecule has 0 saturated heterocycles. The lowest BCUT2D eigenvalue weighted by atomic mass is 10.1. The third-order valence-corrected chi connectivity index (χ3v) is 2.94. The van der Waals surface area contributed by atoms with E-state index in [1.54, 1.807) is 43.3 Å². The van der Waals surface area contributed by atoms with E-state index in [1.165, 1.54) is 0 Å². The van der Waals surface area contributed by atoms with E-state index < -0.39 is 0 Å². The number of hydrogen-bond donors (Lipinski definition) is 1. The quantitative estimate of drug-likeness (QED) is 0.858. The molecule has 0 aliphatic heterocycles. The maximum Gasteiger partial charge on any atom is 0.310 e. The molecule has 0 aliphatic carbocycles. The largest absolute Gasteiger partial charge is 0.466 e. The number of ether oxygens (including phenoxy) is 1. The molecule has 2 rings (SSSR count). The van der Waals surface area contributed by atoms with Gasteiger partial charge in [0.25, 0.3) is 5.91 Å². The van der Waals surface area contributed by atoms with Crippen LogP contribution in [-0.2, 0) is 16.0 Å². The Morgan fingerprint density at radius 1 is 1.00 bits per heavy atom. The van der Waals surface area contributed by atoms with Crippen molar-refractivity contribution in [2.45, 2.75) is 13.3 Å². The molecule has 21 heavy (non-hydrogen) atoms. The predicted molar refractivity (Wildman–Crippen MR) is 81.2 cm³/mol. The lowest BCUT2D eigenvalue weighted by Gasteiger charge is -2.10. The summed E-state index contributed by atoms with van der Waals surface area (Å²) in [7, 11) is 0. The van der Waals surface area contributed by atoms with Crippen LogP contribution < -0.4 is 5.32 Å². The molecule has 0 saturated carbocycles. The van der Waals surface area contributed by atoms with Gasteiger partial charge in [-0.05, 0) is 30.7 Å². The minimum Gasteiger partial charge on any atom is -0.466 e. The number of carbonyl (C=O) groups is 2. The van der Waals surface area contributed by atoms with Crippen LogP contribution in [0.3, 0.4) is 0 Å². The van der Waals surface area contributed by atoms with E-state index in [-0.39, 0.29) is 18.3 Å². The summed E-state index contributed by atoms with van der Waals surface area (Å²) in [5, 5.41) is 2.83. The number of hydrogen-bond acceptors (Lipinski definition) is 3. The van der Waals surface area contributed by atoms with Crippen LogP contribution in [0.4, 0.5) is 5.69 Å². The number of esters is 1. The Balaban J connectivity index is 2.13. The second kappa shape index (κ2) is 7.24. The van der Waals surface area contributed by atoms with Gasteiger partial charge in [0.2, 0.25) is 0 Å². The Labute approximate surface area is 123 Å². The molecule has 2 aromatic rings. The first-order valence-corrected chi connectivity index (χ1v) is 6.80. The lowest BCUT2D eigenvalue weighted by Crippen LogP contribution is -2.15. The highest BCUT2D eigenvalue weighted by Crippen LogP contribution is 2.17. The van der Waals surface area contributed by atoms with Crippen molar-refractivity contribution < 1.29 is 14.3 Å². The maximum absolute atomic E-state index is 12.2. The number of carbonyl (C=O) groups excluding carboxylic acids is 2. The van der Waals surface area contributed by atoms with Crippen molar-refractivity contribution in [2.24, 2.45) is 0 Å². The van der Waals surface area contributed by atoms with Gasteiger partial charge in [-0.1, -0.05) is 36.4 Å². The summed E-state index contributed by atoms with van der Waals surface area (Å²) in [5.74, 6) is -0.509. The zero-order chi connectivity index (χ0) is 15.1. The summed E-state index contributed by atoms with van der Waals surface area (Å²) in [6, 6.07) is 16.2. The van der Waals surface area contributed by atoms with Gasteiger partial charge in [0.05, 0.1) is 13.0 Å². The van der Waals surface area contributed by atoms with Gasteiger partial charge in [-0.2, -0.15) is 0 Å². The third kappa shape index (κ3) is 4.18. The molecule has 0 spiro atoms. The number of para-hydroxylation sites is 1. The molecule has 1 amide bonds. The average Bonchev–Trinajstić information content (AvgIpc) is 2.50. The average molecular weight is 283 g/mol. The number of amides is 1. The molecule has 1 N–H and O–H groups in total. The standard InChI is InChI=1S/C17H17NO3/c1-2-21-16(19)12-14-10-6-7-11-15(14)18-17(20)13-8-4-3-5-9-13/h3-11H,2,12H2,1H3,(H,18,20). The predicted octanol–water partition coefficient (Wildman–Crippen LogP) is 3.04. The van der Waals surface area contributed by atoms with Crippen LogP contribution >= 0.6 is 0 Å². The Morgan fingerprint density at radius 3 is 2.38 bits per heavy atom. The topological polar surface area (TPSA) is 55.4 Å². The van der Waals surface area contributed by atoms with Gasteiger partial charge >= 0.3 is 5.97 Å². The van der Waals surface area contributed by atoms with Crippen LogP contribution in [0.1, 0.15) is 22.8 Å². The van der Waals surface area contributed by atoms with Crippen LogP contribution in [0.25, 0.3) is 0 Å². The number of rotatable bonds is 5. The van der Waals surface area contributed by atoms with E-state index in [4.69, 9.17) is 4.74 Å². The summed E-state index contributed by atoms with van der Waals surface area (Å²) in [6.45, 7) is 2.11. The van der Waals surface area contributed by atoms with Gasteiger partial charge in [-0.3, -0.25) is 9.59 Å². The second-order valence-electron chi connectivity index (χ2n) is 4.46. The van der Waals surface area contributed by atoms with E-state index in [9.17, 15) is 9.59 Å². The molecule has 108 valence electrons. The van der Waals surface area contributed by atoms with Gasteiger partial charge in [0.1, 0.15) is 0 Å². The van der Waals surface area contributed by atoms with Crippen LogP contribution in [0, 0.1) is 0 Å². The highest BCUT2D eigenvalue weighted by atomic mass is 16.5. The van der Waals surface area contributed by atoms with E-state index in [2.05, 4.69) is 5.32 Å². The lowest BCUT2D eigenvalue weighted by molar-refractivity contribution is -0.142. The van der Waals surface area contributed by atoms with Crippen molar-refractivity contribution in [3.63, 3.8) is 0 Å². The van der Waals surface area contributed by atoms with Gasteiger partial charge in [0, 0.05) is 11.3 Å². The molecular weight excluding hydrogens is 266 g/mol. The van der Waals surface area contributed by atoms with Gasteiger partial charge in [0.15, 0.2) is 0 Å². The van der Waals surface area contributed by atoms with Crippen LogP contribution in [0.5, 0.6) is 0 Å². The summed E-state index contributed by atoms with van der Waals surface area (Å²) in [5.41, 5.74) is 1.93. The van der Waals surface area contributed by atoms with Crippen molar-refractivity contribution in [3.05, 3.63) is 65.7 Å². The van der Waals surface area contributed by atoms with E-state index in [0.29, 0.717) is 17.9 Å². The summed E-state index contributed by atoms with van der Waals surface area (Å²) in [4.78, 5) is 23.7. The number of benzene rings is 2. The van der Waals surface area contributed by atoms with Gasteiger partial charge < -0.3 is 10.1 Å². The minimum atomic E-state index is -0.307. The van der Waals surface area contributed by atoms with Crippen molar-refractivity contribution in [1.29, 1.82) is 0 Å². The summed E-state index contributed by atoms with van der Waals surface area (Å²) >= 11 is 0. The molecule has 0 bridgehead atoms. The maximum atomic E-state index is 12.2. The Kier molecular flexibility index (Phi) is 5.10. The van der Waals surface area contributed by atoms with Crippen molar-refractivity contribution in [3.8, 4) is 0 Å². The summed E-state index contributed by atoms with van der Waals surface area (Å²) < 4.78 is 4.94. The molecule has 0 radical (unpaired) electrons. The number of anilines is 1. The smallest absolute Gasteiger partial charge is 0.310 e. The Hall–Kier alpha value is -2.62. The van der Waals surface area contributed by atoms with Crippen molar-refractivity contribution in [1.82, 2.24) is 0 Å². The molecule has 4 heteroatoms. The van der Waals surface area contributed by atoms with E-state index in [0.717, 1.165) is 5.56 Å². The molecular formula is C17H17NO3. The van der Waals surface area contributed by atoms with Crippen LogP contribution in [0.2, 0.25) is 0 Å². The molecule has 0 heterocycles. The fraction of sp³-hybridized carbons (Fsp3) is 0.176. The molecule has 0 aliphatic rings. The van der Waals surface area contributed by atoms with Crippen molar-refractivity contribution in [2.75, 3.05) is 11.9 Å². The molecule has 0 unspecified atom stereocenters. The van der Waals surface area contributed by atoms with Crippen LogP contribution in [-0.4, -0.2) is 18.5 Å². The molecule has 2 aromatic carbocycles. The van der Waals surface area contributed by atoms with Crippen LogP contribution in [0.15, 0.2) is 54.6 Å². The highest BCUT2D eigenvalue weighted by molar-refractivity contribution is 6.04. The molecule has 0 aromatic heterocycles. The monoisotopic (exact) mass is 283 g/mol. The zero-order valence-electron chi connectivity index (χ0n) is 11.8. The Morgan fingerprint density at radius 2 is 1.67 bits per heavy atom. The highest BCUT2D eigenvalue weighted by Gasteiger charge is 2.11. The fourth-order valence-corrected chi connectivity index (χ4v) is 1.95. The first-order valence-electron chi connectivity index (χ1n) is 6.80. The van der Waals surface area contributed by atoms with Gasteiger partial charge in [-0.15, -0.1) is 0 Å².